The minimum atomic E-state index is 0.113. The van der Waals surface area contributed by atoms with Gasteiger partial charge in [-0.1, -0.05) is 20.8 Å². The van der Waals surface area contributed by atoms with Gasteiger partial charge in [0, 0.05) is 28.1 Å². The fraction of sp³-hybridized carbons (Fsp3) is 0.462. The molecule has 2 heterocycles. The molecular formula is C13H16ClNS. The lowest BCUT2D eigenvalue weighted by Gasteiger charge is -2.24. The summed E-state index contributed by atoms with van der Waals surface area (Å²) in [5.41, 5.74) is 1.23. The third-order valence-corrected chi connectivity index (χ3v) is 4.47. The summed E-state index contributed by atoms with van der Waals surface area (Å²) in [7, 11) is 0. The van der Waals surface area contributed by atoms with Crippen molar-refractivity contribution in [1.29, 1.82) is 0 Å². The van der Waals surface area contributed by atoms with Gasteiger partial charge < -0.3 is 0 Å². The van der Waals surface area contributed by atoms with Crippen LogP contribution >= 0.6 is 22.9 Å². The molecule has 0 saturated heterocycles. The number of alkyl halides is 1. The molecule has 0 N–H and O–H groups in total. The molecule has 0 aliphatic rings. The smallest absolute Gasteiger partial charge is 0.0505 e. The third-order valence-electron chi connectivity index (χ3n) is 2.77. The lowest BCUT2D eigenvalue weighted by Crippen LogP contribution is -2.23. The van der Waals surface area contributed by atoms with Crippen molar-refractivity contribution >= 4 is 33.0 Å². The van der Waals surface area contributed by atoms with Gasteiger partial charge in [0.25, 0.3) is 0 Å². The maximum absolute atomic E-state index is 6.42. The van der Waals surface area contributed by atoms with E-state index in [-0.39, 0.29) is 10.8 Å². The molecule has 1 atom stereocenters. The first-order valence-corrected chi connectivity index (χ1v) is 6.75. The zero-order valence-corrected chi connectivity index (χ0v) is 11.4. The second-order valence-electron chi connectivity index (χ2n) is 5.13. The summed E-state index contributed by atoms with van der Waals surface area (Å²) < 4.78 is 1.29. The molecule has 86 valence electrons. The van der Waals surface area contributed by atoms with Gasteiger partial charge in [-0.25, -0.2) is 0 Å². The van der Waals surface area contributed by atoms with Crippen molar-refractivity contribution in [1.82, 2.24) is 4.98 Å². The van der Waals surface area contributed by atoms with Crippen LogP contribution in [0.15, 0.2) is 23.7 Å². The van der Waals surface area contributed by atoms with Crippen LogP contribution in [0.1, 0.15) is 26.5 Å². The molecule has 0 fully saturated rings. The molecule has 0 aromatic carbocycles. The first kappa shape index (κ1) is 11.9. The van der Waals surface area contributed by atoms with E-state index in [4.69, 9.17) is 11.6 Å². The summed E-state index contributed by atoms with van der Waals surface area (Å²) in [5.74, 6) is 0. The topological polar surface area (TPSA) is 12.9 Å². The van der Waals surface area contributed by atoms with Crippen LogP contribution in [0.25, 0.3) is 10.1 Å². The lowest BCUT2D eigenvalue weighted by molar-refractivity contribution is 0.385. The average Bonchev–Trinajstić information content (AvgIpc) is 2.65. The van der Waals surface area contributed by atoms with Crippen molar-refractivity contribution in [3.8, 4) is 0 Å². The summed E-state index contributed by atoms with van der Waals surface area (Å²) in [5, 5.41) is 3.48. The third kappa shape index (κ3) is 2.38. The van der Waals surface area contributed by atoms with Crippen LogP contribution in [0.5, 0.6) is 0 Å². The zero-order chi connectivity index (χ0) is 11.8. The molecule has 0 bridgehead atoms. The van der Waals surface area contributed by atoms with Gasteiger partial charge in [0.05, 0.1) is 5.69 Å². The van der Waals surface area contributed by atoms with Gasteiger partial charge in [-0.05, 0) is 22.9 Å². The molecule has 2 rings (SSSR count). The van der Waals surface area contributed by atoms with Crippen LogP contribution in [0, 0.1) is 5.41 Å². The lowest BCUT2D eigenvalue weighted by atomic mass is 9.88. The van der Waals surface area contributed by atoms with Crippen LogP contribution in [0.2, 0.25) is 0 Å². The minimum Gasteiger partial charge on any atom is -0.261 e. The molecule has 0 aliphatic carbocycles. The number of pyridine rings is 1. The van der Waals surface area contributed by atoms with E-state index in [1.54, 1.807) is 11.3 Å². The van der Waals surface area contributed by atoms with Gasteiger partial charge in [0.2, 0.25) is 0 Å². The molecule has 0 radical (unpaired) electrons. The predicted octanol–water partition coefficient (Wildman–Crippen LogP) is 4.49. The fourth-order valence-corrected chi connectivity index (χ4v) is 2.54. The molecule has 0 spiro atoms. The number of aromatic nitrogens is 1. The van der Waals surface area contributed by atoms with E-state index >= 15 is 0 Å². The van der Waals surface area contributed by atoms with E-state index < -0.39 is 0 Å². The van der Waals surface area contributed by atoms with Crippen molar-refractivity contribution in [3.05, 3.63) is 29.4 Å². The number of thiophene rings is 1. The predicted molar refractivity (Wildman–Crippen MR) is 72.4 cm³/mol. The summed E-state index contributed by atoms with van der Waals surface area (Å²) in [6, 6.07) is 4.19. The Morgan fingerprint density at radius 3 is 2.81 bits per heavy atom. The van der Waals surface area contributed by atoms with E-state index in [0.717, 1.165) is 12.1 Å². The Balaban J connectivity index is 2.31. The van der Waals surface area contributed by atoms with Crippen LogP contribution < -0.4 is 0 Å². The van der Waals surface area contributed by atoms with Crippen molar-refractivity contribution in [2.75, 3.05) is 0 Å². The number of halogens is 1. The molecule has 2 aromatic heterocycles. The number of hydrogen-bond donors (Lipinski definition) is 0. The number of nitrogens with zero attached hydrogens (tertiary/aromatic N) is 1. The highest BCUT2D eigenvalue weighted by atomic mass is 35.5. The highest BCUT2D eigenvalue weighted by Crippen LogP contribution is 2.30. The Hall–Kier alpha value is -0.600. The molecule has 16 heavy (non-hydrogen) atoms. The normalized spacial score (nSPS) is 14.2. The van der Waals surface area contributed by atoms with Gasteiger partial charge in [0.15, 0.2) is 0 Å². The number of rotatable bonds is 2. The van der Waals surface area contributed by atoms with Crippen molar-refractivity contribution in [3.63, 3.8) is 0 Å². The van der Waals surface area contributed by atoms with Crippen molar-refractivity contribution in [2.45, 2.75) is 32.6 Å². The summed E-state index contributed by atoms with van der Waals surface area (Å²) >= 11 is 8.18. The quantitative estimate of drug-likeness (QED) is 0.719. The van der Waals surface area contributed by atoms with E-state index in [9.17, 15) is 0 Å². The fourth-order valence-electron chi connectivity index (χ4n) is 1.59. The largest absolute Gasteiger partial charge is 0.261 e. The highest BCUT2D eigenvalue weighted by molar-refractivity contribution is 7.17. The standard InChI is InChI=1S/C13H16ClNS/c1-13(2,3)12(14)8-10-9-5-7-16-11(9)4-6-15-10/h4-7,12H,8H2,1-3H3. The van der Waals surface area contributed by atoms with Gasteiger partial charge in [0.1, 0.15) is 0 Å². The van der Waals surface area contributed by atoms with Crippen LogP contribution in [0.4, 0.5) is 0 Å². The van der Waals surface area contributed by atoms with Gasteiger partial charge in [-0.3, -0.25) is 4.98 Å². The first-order chi connectivity index (χ1) is 7.48. The van der Waals surface area contributed by atoms with E-state index in [1.807, 2.05) is 6.20 Å². The molecule has 2 aromatic rings. The van der Waals surface area contributed by atoms with Crippen molar-refractivity contribution < 1.29 is 0 Å². The Morgan fingerprint density at radius 1 is 1.38 bits per heavy atom. The Labute approximate surface area is 105 Å². The van der Waals surface area contributed by atoms with E-state index in [2.05, 4.69) is 43.3 Å². The molecule has 0 saturated carbocycles. The van der Waals surface area contributed by atoms with Gasteiger partial charge in [-0.2, -0.15) is 0 Å². The maximum Gasteiger partial charge on any atom is 0.0505 e. The minimum absolute atomic E-state index is 0.113. The Bertz CT molecular complexity index is 484. The van der Waals surface area contributed by atoms with Crippen LogP contribution in [-0.2, 0) is 6.42 Å². The highest BCUT2D eigenvalue weighted by Gasteiger charge is 2.23. The summed E-state index contributed by atoms with van der Waals surface area (Å²) in [6.07, 6.45) is 2.71. The monoisotopic (exact) mass is 253 g/mol. The molecule has 0 amide bonds. The first-order valence-electron chi connectivity index (χ1n) is 5.43. The molecule has 1 nitrogen and oxygen atoms in total. The maximum atomic E-state index is 6.42. The number of hydrogen-bond acceptors (Lipinski definition) is 2. The van der Waals surface area contributed by atoms with Gasteiger partial charge in [-0.15, -0.1) is 22.9 Å². The van der Waals surface area contributed by atoms with Crippen molar-refractivity contribution in [2.24, 2.45) is 5.41 Å². The molecule has 0 aliphatic heterocycles. The van der Waals surface area contributed by atoms with E-state index in [0.29, 0.717) is 0 Å². The van der Waals surface area contributed by atoms with Crippen LogP contribution in [-0.4, -0.2) is 10.4 Å². The van der Waals surface area contributed by atoms with E-state index in [1.165, 1.54) is 10.1 Å². The molecular weight excluding hydrogens is 238 g/mol. The zero-order valence-electron chi connectivity index (χ0n) is 9.83. The average molecular weight is 254 g/mol. The SMILES string of the molecule is CC(C)(C)C(Cl)Cc1nccc2sccc12. The Kier molecular flexibility index (Phi) is 3.22. The second kappa shape index (κ2) is 4.34. The Morgan fingerprint density at radius 2 is 2.12 bits per heavy atom. The molecule has 1 unspecified atom stereocenters. The summed E-state index contributed by atoms with van der Waals surface area (Å²) in [4.78, 5) is 4.45. The van der Waals surface area contributed by atoms with Gasteiger partial charge >= 0.3 is 0 Å². The molecule has 3 heteroatoms. The number of fused-ring (bicyclic) bond motifs is 1. The second-order valence-corrected chi connectivity index (χ2v) is 6.60. The summed E-state index contributed by atoms with van der Waals surface area (Å²) in [6.45, 7) is 6.50. The van der Waals surface area contributed by atoms with Crippen LogP contribution in [0.3, 0.4) is 0 Å².